The fourth-order valence-corrected chi connectivity index (χ4v) is 3.69. The van der Waals surface area contributed by atoms with Crippen LogP contribution in [0.1, 0.15) is 25.7 Å². The van der Waals surface area contributed by atoms with Crippen LogP contribution in [0.25, 0.3) is 0 Å². The fraction of sp³-hybridized carbons (Fsp3) is 0.750. The van der Waals surface area contributed by atoms with Gasteiger partial charge in [-0.15, -0.1) is 4.28 Å². The van der Waals surface area contributed by atoms with E-state index in [-0.39, 0.29) is 24.9 Å². The zero-order chi connectivity index (χ0) is 18.2. The molecule has 3 fully saturated rings. The van der Waals surface area contributed by atoms with Gasteiger partial charge in [0.15, 0.2) is 0 Å². The quantitative estimate of drug-likeness (QED) is 0.320. The maximum Gasteiger partial charge on any atom is 0.418 e. The first kappa shape index (κ1) is 17.8. The average molecular weight is 377 g/mol. The van der Waals surface area contributed by atoms with Crippen molar-refractivity contribution in [3.63, 3.8) is 0 Å². The van der Waals surface area contributed by atoms with Crippen LogP contribution in [-0.4, -0.2) is 72.0 Å². The second-order valence-corrected chi connectivity index (χ2v) is 7.14. The van der Waals surface area contributed by atoms with Gasteiger partial charge in [0.2, 0.25) is 0 Å². The minimum absolute atomic E-state index is 0.0879. The van der Waals surface area contributed by atoms with Crippen LogP contribution in [0, 0.1) is 0 Å². The Bertz CT molecular complexity index is 677. The number of urea groups is 1. The molecule has 0 aromatic rings. The van der Waals surface area contributed by atoms with E-state index in [1.807, 2.05) is 0 Å². The zero-order valence-electron chi connectivity index (χ0n) is 13.2. The van der Waals surface area contributed by atoms with Crippen LogP contribution in [0.3, 0.4) is 0 Å². The van der Waals surface area contributed by atoms with Crippen molar-refractivity contribution < 1.29 is 31.6 Å². The van der Waals surface area contributed by atoms with Crippen molar-refractivity contribution >= 4 is 28.2 Å². The Morgan fingerprint density at radius 3 is 2.56 bits per heavy atom. The van der Waals surface area contributed by atoms with Crippen LogP contribution in [0.4, 0.5) is 4.79 Å². The molecule has 2 bridgehead atoms. The third-order valence-corrected chi connectivity index (χ3v) is 4.83. The molecule has 4 amide bonds. The molecule has 3 aliphatic heterocycles. The lowest BCUT2D eigenvalue weighted by Gasteiger charge is -2.29. The largest absolute Gasteiger partial charge is 0.418 e. The molecule has 3 rings (SSSR count). The lowest BCUT2D eigenvalue weighted by molar-refractivity contribution is -0.132. The molecule has 1 unspecified atom stereocenters. The van der Waals surface area contributed by atoms with Crippen LogP contribution >= 0.6 is 0 Å². The predicted octanol–water partition coefficient (Wildman–Crippen LogP) is -2.11. The number of carbonyl (C=O) groups is 3. The summed E-state index contributed by atoms with van der Waals surface area (Å²) >= 11 is 0. The number of carbonyl (C=O) groups excluding carboxylic acids is 3. The first-order valence-corrected chi connectivity index (χ1v) is 9.23. The van der Waals surface area contributed by atoms with Gasteiger partial charge in [0.05, 0.1) is 12.1 Å². The van der Waals surface area contributed by atoms with Crippen molar-refractivity contribution in [1.29, 1.82) is 0 Å². The van der Waals surface area contributed by atoms with E-state index in [4.69, 9.17) is 4.55 Å². The molecule has 0 spiro atoms. The number of amides is 4. The van der Waals surface area contributed by atoms with Crippen molar-refractivity contribution in [2.75, 3.05) is 13.1 Å². The minimum Gasteiger partial charge on any atom is -0.309 e. The number of hydrogen-bond donors (Lipinski definition) is 4. The fourth-order valence-electron chi connectivity index (χ4n) is 3.31. The highest BCUT2D eigenvalue weighted by molar-refractivity contribution is 7.80. The second kappa shape index (κ2) is 6.74. The summed E-state index contributed by atoms with van der Waals surface area (Å²) < 4.78 is 34.7. The van der Waals surface area contributed by atoms with Gasteiger partial charge in [-0.3, -0.25) is 25.0 Å². The molecule has 3 atom stereocenters. The maximum atomic E-state index is 12.3. The summed E-state index contributed by atoms with van der Waals surface area (Å²) in [5.41, 5.74) is 4.62. The summed E-state index contributed by atoms with van der Waals surface area (Å²) in [4.78, 5) is 37.5. The third kappa shape index (κ3) is 3.84. The summed E-state index contributed by atoms with van der Waals surface area (Å²) in [6, 6.07) is -2.63. The predicted molar refractivity (Wildman–Crippen MR) is 80.7 cm³/mol. The van der Waals surface area contributed by atoms with Crippen LogP contribution in [0.2, 0.25) is 0 Å². The molecule has 3 heterocycles. The van der Waals surface area contributed by atoms with E-state index in [0.717, 1.165) is 17.9 Å². The van der Waals surface area contributed by atoms with Crippen LogP contribution in [0.5, 0.6) is 0 Å². The molecule has 4 N–H and O–H groups in total. The monoisotopic (exact) mass is 377 g/mol. The molecule has 12 nitrogen and oxygen atoms in total. The number of nitrogens with one attached hydrogen (secondary N) is 3. The molecule has 0 aromatic carbocycles. The van der Waals surface area contributed by atoms with E-state index in [9.17, 15) is 22.8 Å². The van der Waals surface area contributed by atoms with Crippen molar-refractivity contribution in [2.45, 2.75) is 43.8 Å². The average Bonchev–Trinajstić information content (AvgIpc) is 3.16. The molecular weight excluding hydrogens is 358 g/mol. The summed E-state index contributed by atoms with van der Waals surface area (Å²) in [5.74, 6) is -0.935. The molecule has 0 aliphatic carbocycles. The molecular formula is C12H19N5O7S. The Hall–Kier alpha value is -1.96. The Morgan fingerprint density at radius 2 is 1.92 bits per heavy atom. The van der Waals surface area contributed by atoms with Crippen molar-refractivity contribution in [3.8, 4) is 0 Å². The summed E-state index contributed by atoms with van der Waals surface area (Å²) in [6.07, 6.45) is 2.14. The molecule has 3 aliphatic rings. The molecule has 0 radical (unpaired) electrons. The van der Waals surface area contributed by atoms with Gasteiger partial charge < -0.3 is 10.2 Å². The van der Waals surface area contributed by atoms with Crippen LogP contribution in [0.15, 0.2) is 0 Å². The van der Waals surface area contributed by atoms with Gasteiger partial charge in [-0.05, 0) is 32.2 Å². The minimum atomic E-state index is -4.83. The molecule has 25 heavy (non-hydrogen) atoms. The van der Waals surface area contributed by atoms with E-state index in [1.54, 1.807) is 0 Å². The van der Waals surface area contributed by atoms with Crippen molar-refractivity contribution in [2.24, 2.45) is 0 Å². The standard InChI is InChI=1S/C12H19N5O7S/c18-10(8-2-1-5-13-8)14-15-11(19)9-4-3-7-6-16(9)12(20)17(7)24-25(21,22)23/h7-9,13H,1-6H2,(H,14,18)(H,15,19)(H,21,22,23)/t7-,8+,9?/m1/s1. The van der Waals surface area contributed by atoms with E-state index < -0.39 is 34.4 Å². The van der Waals surface area contributed by atoms with Crippen molar-refractivity contribution in [3.05, 3.63) is 0 Å². The van der Waals surface area contributed by atoms with Crippen LogP contribution < -0.4 is 16.2 Å². The Morgan fingerprint density at radius 1 is 1.20 bits per heavy atom. The van der Waals surface area contributed by atoms with E-state index in [0.29, 0.717) is 17.9 Å². The Labute approximate surface area is 143 Å². The Kier molecular flexibility index (Phi) is 4.81. The highest BCUT2D eigenvalue weighted by Gasteiger charge is 2.49. The number of hydrogen-bond acceptors (Lipinski definition) is 7. The van der Waals surface area contributed by atoms with Gasteiger partial charge in [0.1, 0.15) is 6.04 Å². The van der Waals surface area contributed by atoms with Crippen molar-refractivity contribution in [1.82, 2.24) is 26.1 Å². The highest BCUT2D eigenvalue weighted by atomic mass is 32.3. The molecule has 3 saturated heterocycles. The zero-order valence-corrected chi connectivity index (χ0v) is 14.0. The van der Waals surface area contributed by atoms with Gasteiger partial charge in [-0.25, -0.2) is 4.79 Å². The first-order chi connectivity index (χ1) is 11.8. The molecule has 0 saturated carbocycles. The van der Waals surface area contributed by atoms with E-state index in [2.05, 4.69) is 20.5 Å². The van der Waals surface area contributed by atoms with Gasteiger partial charge in [-0.1, -0.05) is 0 Å². The lowest BCUT2D eigenvalue weighted by atomic mass is 10.0. The van der Waals surface area contributed by atoms with Crippen LogP contribution in [-0.2, 0) is 24.3 Å². The van der Waals surface area contributed by atoms with Gasteiger partial charge in [0, 0.05) is 6.54 Å². The topological polar surface area (TPSA) is 157 Å². The number of nitrogens with zero attached hydrogens (tertiary/aromatic N) is 2. The smallest absolute Gasteiger partial charge is 0.309 e. The number of fused-ring (bicyclic) bond motifs is 2. The third-order valence-electron chi connectivity index (χ3n) is 4.49. The maximum absolute atomic E-state index is 12.3. The normalized spacial score (nSPS) is 29.0. The molecule has 13 heteroatoms. The van der Waals surface area contributed by atoms with Gasteiger partial charge >= 0.3 is 16.4 Å². The molecule has 140 valence electrons. The summed E-state index contributed by atoms with van der Waals surface area (Å²) in [7, 11) is -4.83. The SMILES string of the molecule is O=C(NNC(=O)[C@@H]1CCCN1)C1CC[C@@H]2CN1C(=O)N2OS(=O)(=O)O. The number of piperidine rings is 1. The first-order valence-electron chi connectivity index (χ1n) is 7.86. The number of hydrazine groups is 1. The van der Waals surface area contributed by atoms with Gasteiger partial charge in [0.25, 0.3) is 11.8 Å². The number of rotatable bonds is 4. The number of hydroxylamine groups is 2. The van der Waals surface area contributed by atoms with Gasteiger partial charge in [-0.2, -0.15) is 13.5 Å². The Balaban J connectivity index is 1.57. The summed E-state index contributed by atoms with van der Waals surface area (Å²) in [6.45, 7) is 0.826. The second-order valence-electron chi connectivity index (χ2n) is 6.14. The highest BCUT2D eigenvalue weighted by Crippen LogP contribution is 2.30. The van der Waals surface area contributed by atoms with E-state index in [1.165, 1.54) is 0 Å². The summed E-state index contributed by atoms with van der Waals surface area (Å²) in [5, 5.41) is 3.55. The van der Waals surface area contributed by atoms with E-state index >= 15 is 0 Å². The lowest BCUT2D eigenvalue weighted by Crippen LogP contribution is -2.56. The molecule has 0 aromatic heterocycles.